The molecule has 0 spiro atoms. The molecule has 2 heterocycles. The summed E-state index contributed by atoms with van der Waals surface area (Å²) in [5.74, 6) is -0.221. The average Bonchev–Trinajstić information content (AvgIpc) is 2.69. The fourth-order valence-electron chi connectivity index (χ4n) is 1.56. The Morgan fingerprint density at radius 2 is 2.29 bits per heavy atom. The van der Waals surface area contributed by atoms with E-state index >= 15 is 0 Å². The van der Waals surface area contributed by atoms with E-state index in [0.29, 0.717) is 17.8 Å². The number of aryl methyl sites for hydroxylation is 1. The normalized spacial score (nSPS) is 10.5. The first-order chi connectivity index (χ1) is 8.17. The lowest BCUT2D eigenvalue weighted by Crippen LogP contribution is -2.08. The third-order valence-electron chi connectivity index (χ3n) is 2.39. The second-order valence-corrected chi connectivity index (χ2v) is 3.49. The van der Waals surface area contributed by atoms with Gasteiger partial charge in [-0.2, -0.15) is 10.1 Å². The van der Waals surface area contributed by atoms with Gasteiger partial charge >= 0.3 is 5.97 Å². The number of rotatable bonds is 3. The molecule has 0 aliphatic rings. The van der Waals surface area contributed by atoms with Gasteiger partial charge in [0.2, 0.25) is 5.88 Å². The standard InChI is InChI=1S/C11H13N3O3/c1-4-17-11(15)8-5-7-6(2)13-14-9(7)12-10(8)16-3/h5H,4H2,1-3H3,(H,12,13,14). The Morgan fingerprint density at radius 1 is 1.53 bits per heavy atom. The number of nitrogens with zero attached hydrogens (tertiary/aromatic N) is 2. The van der Waals surface area contributed by atoms with Crippen molar-refractivity contribution in [2.24, 2.45) is 0 Å². The molecule has 0 amide bonds. The molecule has 0 aliphatic carbocycles. The Morgan fingerprint density at radius 3 is 2.94 bits per heavy atom. The number of pyridine rings is 1. The fourth-order valence-corrected chi connectivity index (χ4v) is 1.56. The predicted octanol–water partition coefficient (Wildman–Crippen LogP) is 1.45. The van der Waals surface area contributed by atoms with E-state index in [1.165, 1.54) is 7.11 Å². The Hall–Kier alpha value is -2.11. The third kappa shape index (κ3) is 1.93. The highest BCUT2D eigenvalue weighted by Gasteiger charge is 2.18. The van der Waals surface area contributed by atoms with E-state index in [2.05, 4.69) is 15.2 Å². The molecule has 2 rings (SSSR count). The SMILES string of the molecule is CCOC(=O)c1cc2c(C)[nH]nc2nc1OC. The number of hydrogen-bond acceptors (Lipinski definition) is 5. The number of esters is 1. The van der Waals surface area contributed by atoms with Crippen molar-refractivity contribution in [2.45, 2.75) is 13.8 Å². The fraction of sp³-hybridized carbons (Fsp3) is 0.364. The van der Waals surface area contributed by atoms with Crippen LogP contribution in [0, 0.1) is 6.92 Å². The van der Waals surface area contributed by atoms with E-state index in [1.54, 1.807) is 13.0 Å². The van der Waals surface area contributed by atoms with Crippen molar-refractivity contribution in [3.8, 4) is 5.88 Å². The molecular formula is C11H13N3O3. The molecule has 0 saturated heterocycles. The minimum absolute atomic E-state index is 0.224. The summed E-state index contributed by atoms with van der Waals surface area (Å²) in [6.07, 6.45) is 0. The van der Waals surface area contributed by atoms with Crippen molar-refractivity contribution in [1.29, 1.82) is 0 Å². The van der Waals surface area contributed by atoms with Crippen molar-refractivity contribution in [3.63, 3.8) is 0 Å². The summed E-state index contributed by atoms with van der Waals surface area (Å²) in [5, 5.41) is 7.60. The molecule has 0 fully saturated rings. The lowest BCUT2D eigenvalue weighted by atomic mass is 10.2. The van der Waals surface area contributed by atoms with Crippen LogP contribution in [0.15, 0.2) is 6.07 Å². The van der Waals surface area contributed by atoms with Crippen LogP contribution >= 0.6 is 0 Å². The van der Waals surface area contributed by atoms with Crippen LogP contribution in [-0.4, -0.2) is 34.9 Å². The lowest BCUT2D eigenvalue weighted by Gasteiger charge is -2.06. The Kier molecular flexibility index (Phi) is 2.95. The zero-order chi connectivity index (χ0) is 12.4. The Bertz CT molecular complexity index is 562. The van der Waals surface area contributed by atoms with Crippen LogP contribution < -0.4 is 4.74 Å². The summed E-state index contributed by atoms with van der Waals surface area (Å²) in [7, 11) is 1.45. The first kappa shape index (κ1) is 11.4. The van der Waals surface area contributed by atoms with E-state index in [1.807, 2.05) is 6.92 Å². The van der Waals surface area contributed by atoms with Crippen molar-refractivity contribution >= 4 is 17.0 Å². The third-order valence-corrected chi connectivity index (χ3v) is 2.39. The first-order valence-electron chi connectivity index (χ1n) is 5.24. The molecule has 0 bridgehead atoms. The molecule has 6 nitrogen and oxygen atoms in total. The van der Waals surface area contributed by atoms with Crippen LogP contribution in [-0.2, 0) is 4.74 Å². The number of carbonyl (C=O) groups is 1. The Labute approximate surface area is 97.9 Å². The zero-order valence-electron chi connectivity index (χ0n) is 9.90. The minimum atomic E-state index is -0.445. The summed E-state index contributed by atoms with van der Waals surface area (Å²) in [5.41, 5.74) is 1.68. The van der Waals surface area contributed by atoms with Crippen molar-refractivity contribution in [2.75, 3.05) is 13.7 Å². The quantitative estimate of drug-likeness (QED) is 0.815. The summed E-state index contributed by atoms with van der Waals surface area (Å²) in [4.78, 5) is 15.9. The number of H-pyrrole nitrogens is 1. The van der Waals surface area contributed by atoms with Gasteiger partial charge in [0.1, 0.15) is 5.56 Å². The van der Waals surface area contributed by atoms with E-state index in [9.17, 15) is 4.79 Å². The molecule has 2 aromatic rings. The van der Waals surface area contributed by atoms with Crippen molar-refractivity contribution < 1.29 is 14.3 Å². The van der Waals surface area contributed by atoms with Gasteiger partial charge in [0.25, 0.3) is 0 Å². The van der Waals surface area contributed by atoms with Gasteiger partial charge in [-0.25, -0.2) is 4.79 Å². The summed E-state index contributed by atoms with van der Waals surface area (Å²) < 4.78 is 10.0. The zero-order valence-corrected chi connectivity index (χ0v) is 9.90. The predicted molar refractivity (Wildman–Crippen MR) is 61.1 cm³/mol. The number of hydrogen-bond donors (Lipinski definition) is 1. The topological polar surface area (TPSA) is 77.1 Å². The highest BCUT2D eigenvalue weighted by atomic mass is 16.5. The molecule has 0 aliphatic heterocycles. The molecule has 0 unspecified atom stereocenters. The smallest absolute Gasteiger partial charge is 0.343 e. The van der Waals surface area contributed by atoms with Crippen LogP contribution in [0.3, 0.4) is 0 Å². The average molecular weight is 235 g/mol. The summed E-state index contributed by atoms with van der Waals surface area (Å²) in [6, 6.07) is 1.68. The number of methoxy groups -OCH3 is 1. The summed E-state index contributed by atoms with van der Waals surface area (Å²) >= 11 is 0. The van der Waals surface area contributed by atoms with Gasteiger partial charge in [-0.05, 0) is 19.9 Å². The van der Waals surface area contributed by atoms with Crippen LogP contribution in [0.25, 0.3) is 11.0 Å². The molecule has 17 heavy (non-hydrogen) atoms. The second kappa shape index (κ2) is 4.40. The van der Waals surface area contributed by atoms with Gasteiger partial charge < -0.3 is 9.47 Å². The van der Waals surface area contributed by atoms with Gasteiger partial charge in [0.05, 0.1) is 13.7 Å². The van der Waals surface area contributed by atoms with Crippen molar-refractivity contribution in [1.82, 2.24) is 15.2 Å². The molecule has 1 N–H and O–H groups in total. The van der Waals surface area contributed by atoms with Gasteiger partial charge in [0, 0.05) is 11.1 Å². The van der Waals surface area contributed by atoms with Gasteiger partial charge in [0.15, 0.2) is 5.65 Å². The molecule has 0 radical (unpaired) electrons. The maximum absolute atomic E-state index is 11.7. The molecule has 6 heteroatoms. The number of aromatic amines is 1. The second-order valence-electron chi connectivity index (χ2n) is 3.49. The first-order valence-corrected chi connectivity index (χ1v) is 5.24. The molecular weight excluding hydrogens is 222 g/mol. The number of fused-ring (bicyclic) bond motifs is 1. The lowest BCUT2D eigenvalue weighted by molar-refractivity contribution is 0.0522. The number of ether oxygens (including phenoxy) is 2. The number of carbonyl (C=O) groups excluding carboxylic acids is 1. The number of nitrogens with one attached hydrogen (secondary N) is 1. The van der Waals surface area contributed by atoms with Gasteiger partial charge in [-0.3, -0.25) is 5.10 Å². The monoisotopic (exact) mass is 235 g/mol. The van der Waals surface area contributed by atoms with Crippen LogP contribution in [0.1, 0.15) is 23.0 Å². The highest BCUT2D eigenvalue weighted by Crippen LogP contribution is 2.23. The van der Waals surface area contributed by atoms with E-state index in [0.717, 1.165) is 11.1 Å². The van der Waals surface area contributed by atoms with E-state index in [4.69, 9.17) is 9.47 Å². The summed E-state index contributed by atoms with van der Waals surface area (Å²) in [6.45, 7) is 3.92. The highest BCUT2D eigenvalue weighted by molar-refractivity contribution is 5.96. The molecule has 0 aromatic carbocycles. The van der Waals surface area contributed by atoms with E-state index in [-0.39, 0.29) is 5.88 Å². The molecule has 90 valence electrons. The maximum atomic E-state index is 11.7. The largest absolute Gasteiger partial charge is 0.480 e. The molecule has 0 saturated carbocycles. The van der Waals surface area contributed by atoms with Crippen LogP contribution in [0.5, 0.6) is 5.88 Å². The van der Waals surface area contributed by atoms with Crippen LogP contribution in [0.2, 0.25) is 0 Å². The van der Waals surface area contributed by atoms with Crippen LogP contribution in [0.4, 0.5) is 0 Å². The number of aromatic nitrogens is 3. The minimum Gasteiger partial charge on any atom is -0.480 e. The Balaban J connectivity index is 2.58. The molecule has 0 atom stereocenters. The maximum Gasteiger partial charge on any atom is 0.343 e. The van der Waals surface area contributed by atoms with Gasteiger partial charge in [-0.15, -0.1) is 0 Å². The van der Waals surface area contributed by atoms with Crippen molar-refractivity contribution in [3.05, 3.63) is 17.3 Å². The van der Waals surface area contributed by atoms with E-state index < -0.39 is 5.97 Å². The molecule has 2 aromatic heterocycles. The van der Waals surface area contributed by atoms with Gasteiger partial charge in [-0.1, -0.05) is 0 Å².